The van der Waals surface area contributed by atoms with Gasteiger partial charge in [0, 0.05) is 12.8 Å². The molecule has 55 heavy (non-hydrogen) atoms. The van der Waals surface area contributed by atoms with Gasteiger partial charge in [-0.25, -0.2) is 0 Å². The maximum Gasteiger partial charge on any atom is 0.305 e. The number of hydrogen-bond donors (Lipinski definition) is 0. The average molecular weight is 793 g/mol. The van der Waals surface area contributed by atoms with Gasteiger partial charge in [0.25, 0.3) is 0 Å². The normalized spacial score (nSPS) is 11.4. The highest BCUT2D eigenvalue weighted by molar-refractivity contribution is 5.69. The summed E-state index contributed by atoms with van der Waals surface area (Å²) in [4.78, 5) is 23.5. The van der Waals surface area contributed by atoms with Gasteiger partial charge in [-0.2, -0.15) is 0 Å². The fourth-order valence-corrected chi connectivity index (χ4v) is 5.55. The molecule has 0 amide bonds. The number of carbonyl (C=O) groups is 2. The molecule has 0 aromatic carbocycles. The number of esters is 2. The summed E-state index contributed by atoms with van der Waals surface area (Å²) in [6.07, 6.45) is 25.0. The lowest BCUT2D eigenvalue weighted by molar-refractivity contribution is -0.146. The smallest absolute Gasteiger partial charge is 0.305 e. The molecular weight excluding hydrogens is 708 g/mol. The lowest BCUT2D eigenvalue weighted by Crippen LogP contribution is -2.15. The largest absolute Gasteiger partial charge is 0.463 e. The van der Waals surface area contributed by atoms with E-state index in [1.807, 2.05) is 0 Å². The number of carbonyl (C=O) groups excluding carboxylic acids is 2. The monoisotopic (exact) mass is 793 g/mol. The van der Waals surface area contributed by atoms with Crippen LogP contribution in [0.25, 0.3) is 0 Å². The number of hydrogen-bond acceptors (Lipinski definition) is 12. The second kappa shape index (κ2) is 48.8. The molecule has 12 nitrogen and oxygen atoms in total. The van der Waals surface area contributed by atoms with Crippen molar-refractivity contribution in [2.45, 2.75) is 149 Å². The van der Waals surface area contributed by atoms with Gasteiger partial charge in [0.15, 0.2) is 0 Å². The predicted molar refractivity (Wildman–Crippen MR) is 217 cm³/mol. The standard InChI is InChI=1S/C43H84O12/c1-3-5-7-9-10-11-12-13-14-15-16-17-18-19-21-23-43(45)55-41-39-53-37-35-51-33-31-49-29-27-47-25-24-46-26-28-48-30-32-50-34-36-52-38-40-54-42(44)22-20-8-6-4-2/h3-41H2,1-2H3. The summed E-state index contributed by atoms with van der Waals surface area (Å²) in [5.41, 5.74) is 0. The molecule has 328 valence electrons. The molecule has 0 N–H and O–H groups in total. The maximum atomic E-state index is 11.9. The van der Waals surface area contributed by atoms with Crippen LogP contribution in [-0.2, 0) is 57.0 Å². The number of rotatable bonds is 48. The van der Waals surface area contributed by atoms with E-state index < -0.39 is 0 Å². The number of ether oxygens (including phenoxy) is 10. The zero-order valence-electron chi connectivity index (χ0n) is 35.5. The first-order valence-corrected chi connectivity index (χ1v) is 22.1. The van der Waals surface area contributed by atoms with Crippen molar-refractivity contribution in [1.29, 1.82) is 0 Å². The molecular formula is C43H84O12. The summed E-state index contributed by atoms with van der Waals surface area (Å²) < 4.78 is 54.2. The Hall–Kier alpha value is -1.38. The van der Waals surface area contributed by atoms with Crippen molar-refractivity contribution in [3.63, 3.8) is 0 Å². The molecule has 0 aliphatic heterocycles. The first kappa shape index (κ1) is 53.6. The molecule has 0 unspecified atom stereocenters. The summed E-state index contributed by atoms with van der Waals surface area (Å²) in [6.45, 7) is 12.5. The lowest BCUT2D eigenvalue weighted by atomic mass is 10.0. The van der Waals surface area contributed by atoms with Crippen molar-refractivity contribution >= 4 is 11.9 Å². The summed E-state index contributed by atoms with van der Waals surface area (Å²) in [5, 5.41) is 0. The summed E-state index contributed by atoms with van der Waals surface area (Å²) in [6, 6.07) is 0. The third-order valence-corrected chi connectivity index (χ3v) is 8.80. The van der Waals surface area contributed by atoms with E-state index in [1.165, 1.54) is 83.5 Å². The van der Waals surface area contributed by atoms with Crippen LogP contribution in [0.5, 0.6) is 0 Å². The summed E-state index contributed by atoms with van der Waals surface area (Å²) in [7, 11) is 0. The molecule has 0 aliphatic carbocycles. The van der Waals surface area contributed by atoms with E-state index in [2.05, 4.69) is 13.8 Å². The van der Waals surface area contributed by atoms with E-state index in [1.54, 1.807) is 0 Å². The molecule has 0 saturated carbocycles. The molecule has 0 aromatic rings. The zero-order valence-corrected chi connectivity index (χ0v) is 35.5. The van der Waals surface area contributed by atoms with Gasteiger partial charge in [0.2, 0.25) is 0 Å². The SMILES string of the molecule is CCCCCCCCCCCCCCCCCC(=O)OCCOCCOCCOCCOCCOCCOCCOCCOCCOC(=O)CCCCCC. The van der Waals surface area contributed by atoms with Crippen LogP contribution in [0.4, 0.5) is 0 Å². The van der Waals surface area contributed by atoms with Crippen molar-refractivity contribution < 1.29 is 57.0 Å². The van der Waals surface area contributed by atoms with E-state index in [-0.39, 0.29) is 25.2 Å². The molecule has 0 bridgehead atoms. The Kier molecular flexibility index (Phi) is 47.5. The third-order valence-electron chi connectivity index (χ3n) is 8.80. The molecule has 12 heteroatoms. The maximum absolute atomic E-state index is 11.9. The summed E-state index contributed by atoms with van der Waals surface area (Å²) in [5.74, 6) is -0.285. The van der Waals surface area contributed by atoms with Crippen LogP contribution in [0, 0.1) is 0 Å². The van der Waals surface area contributed by atoms with Crippen LogP contribution in [0.2, 0.25) is 0 Å². The molecule has 0 saturated heterocycles. The van der Waals surface area contributed by atoms with Gasteiger partial charge in [-0.15, -0.1) is 0 Å². The van der Waals surface area contributed by atoms with E-state index in [4.69, 9.17) is 47.4 Å². The highest BCUT2D eigenvalue weighted by Gasteiger charge is 2.04. The first-order chi connectivity index (χ1) is 27.2. The quantitative estimate of drug-likeness (QED) is 0.0434. The topological polar surface area (TPSA) is 126 Å². The predicted octanol–water partition coefficient (Wildman–Crippen LogP) is 8.44. The van der Waals surface area contributed by atoms with Gasteiger partial charge in [0.05, 0.1) is 106 Å². The minimum Gasteiger partial charge on any atom is -0.463 e. The van der Waals surface area contributed by atoms with Crippen LogP contribution >= 0.6 is 0 Å². The first-order valence-electron chi connectivity index (χ1n) is 22.1. The van der Waals surface area contributed by atoms with Crippen molar-refractivity contribution in [3.05, 3.63) is 0 Å². The molecule has 0 radical (unpaired) electrons. The number of unbranched alkanes of at least 4 members (excludes halogenated alkanes) is 17. The van der Waals surface area contributed by atoms with E-state index in [0.29, 0.717) is 119 Å². The Morgan fingerprint density at radius 3 is 0.673 bits per heavy atom. The van der Waals surface area contributed by atoms with Crippen LogP contribution < -0.4 is 0 Å². The van der Waals surface area contributed by atoms with Crippen LogP contribution in [0.1, 0.15) is 149 Å². The molecule has 0 fully saturated rings. The second-order valence-electron chi connectivity index (χ2n) is 13.9. The van der Waals surface area contributed by atoms with Crippen LogP contribution in [-0.4, -0.2) is 131 Å². The Bertz CT molecular complexity index is 757. The highest BCUT2D eigenvalue weighted by atomic mass is 16.6. The van der Waals surface area contributed by atoms with Gasteiger partial charge in [-0.1, -0.05) is 123 Å². The lowest BCUT2D eigenvalue weighted by Gasteiger charge is -2.09. The molecule has 0 rings (SSSR count). The fourth-order valence-electron chi connectivity index (χ4n) is 5.55. The van der Waals surface area contributed by atoms with E-state index in [0.717, 1.165) is 38.5 Å². The zero-order chi connectivity index (χ0) is 39.8. The minimum atomic E-state index is -0.153. The Morgan fingerprint density at radius 1 is 0.255 bits per heavy atom. The average Bonchev–Trinajstić information content (AvgIpc) is 3.19. The van der Waals surface area contributed by atoms with Crippen molar-refractivity contribution in [2.24, 2.45) is 0 Å². The molecule has 0 aromatic heterocycles. The fraction of sp³-hybridized carbons (Fsp3) is 0.953. The Labute approximate surface area is 336 Å². The van der Waals surface area contributed by atoms with Gasteiger partial charge in [-0.05, 0) is 12.8 Å². The molecule has 0 spiro atoms. The third kappa shape index (κ3) is 48.7. The van der Waals surface area contributed by atoms with Crippen LogP contribution in [0.15, 0.2) is 0 Å². The van der Waals surface area contributed by atoms with Crippen molar-refractivity contribution in [1.82, 2.24) is 0 Å². The minimum absolute atomic E-state index is 0.132. The molecule has 0 heterocycles. The van der Waals surface area contributed by atoms with Gasteiger partial charge >= 0.3 is 11.9 Å². The van der Waals surface area contributed by atoms with E-state index >= 15 is 0 Å². The van der Waals surface area contributed by atoms with E-state index in [9.17, 15) is 9.59 Å². The van der Waals surface area contributed by atoms with Crippen molar-refractivity contribution in [3.8, 4) is 0 Å². The Balaban J connectivity index is 3.15. The van der Waals surface area contributed by atoms with Gasteiger partial charge in [0.1, 0.15) is 13.2 Å². The van der Waals surface area contributed by atoms with Gasteiger partial charge in [-0.3, -0.25) is 9.59 Å². The molecule has 0 atom stereocenters. The molecule has 0 aliphatic rings. The van der Waals surface area contributed by atoms with Crippen molar-refractivity contribution in [2.75, 3.05) is 119 Å². The second-order valence-corrected chi connectivity index (χ2v) is 13.9. The van der Waals surface area contributed by atoms with Crippen LogP contribution in [0.3, 0.4) is 0 Å². The Morgan fingerprint density at radius 2 is 0.436 bits per heavy atom. The van der Waals surface area contributed by atoms with Gasteiger partial charge < -0.3 is 47.4 Å². The summed E-state index contributed by atoms with van der Waals surface area (Å²) >= 11 is 0. The highest BCUT2D eigenvalue weighted by Crippen LogP contribution is 2.14.